The van der Waals surface area contributed by atoms with Gasteiger partial charge >= 0.3 is 0 Å². The molecule has 1 unspecified atom stereocenters. The lowest BCUT2D eigenvalue weighted by Gasteiger charge is -2.40. The molecule has 1 amide bonds. The van der Waals surface area contributed by atoms with Gasteiger partial charge in [-0.05, 0) is 31.2 Å². The summed E-state index contributed by atoms with van der Waals surface area (Å²) in [6.07, 6.45) is 5.01. The molecule has 16 heavy (non-hydrogen) atoms. The Morgan fingerprint density at radius 3 is 2.69 bits per heavy atom. The summed E-state index contributed by atoms with van der Waals surface area (Å²) in [5.74, 6) is 0.0484. The number of nitriles is 1. The molecule has 4 heteroatoms. The third-order valence-corrected chi connectivity index (χ3v) is 3.58. The molecule has 4 nitrogen and oxygen atoms in total. The Hall–Kier alpha value is -1.08. The quantitative estimate of drug-likeness (QED) is 0.712. The Morgan fingerprint density at radius 1 is 1.62 bits per heavy atom. The third-order valence-electron chi connectivity index (χ3n) is 3.58. The number of carbonyl (C=O) groups excluding carboxylic acids is 1. The van der Waals surface area contributed by atoms with E-state index in [9.17, 15) is 4.79 Å². The first-order valence-corrected chi connectivity index (χ1v) is 6.02. The average Bonchev–Trinajstić information content (AvgIpc) is 2.23. The van der Waals surface area contributed by atoms with Crippen LogP contribution in [0.2, 0.25) is 0 Å². The van der Waals surface area contributed by atoms with Crippen molar-refractivity contribution in [3.05, 3.63) is 0 Å². The van der Waals surface area contributed by atoms with Crippen molar-refractivity contribution in [1.82, 2.24) is 5.32 Å². The highest BCUT2D eigenvalue weighted by atomic mass is 16.1. The fourth-order valence-electron chi connectivity index (χ4n) is 2.16. The third kappa shape index (κ3) is 3.21. The summed E-state index contributed by atoms with van der Waals surface area (Å²) in [4.78, 5) is 11.8. The Balaban J connectivity index is 2.37. The van der Waals surface area contributed by atoms with Gasteiger partial charge in [0.05, 0.1) is 12.5 Å². The topological polar surface area (TPSA) is 78.9 Å². The maximum absolute atomic E-state index is 11.8. The number of nitrogens with two attached hydrogens (primary N) is 1. The highest BCUT2D eigenvalue weighted by Crippen LogP contribution is 2.42. The summed E-state index contributed by atoms with van der Waals surface area (Å²) in [7, 11) is 0. The first-order valence-electron chi connectivity index (χ1n) is 6.02. The second-order valence-corrected chi connectivity index (χ2v) is 4.77. The zero-order valence-corrected chi connectivity index (χ0v) is 9.96. The van der Waals surface area contributed by atoms with Crippen LogP contribution < -0.4 is 11.1 Å². The lowest BCUT2D eigenvalue weighted by Crippen LogP contribution is -2.44. The molecule has 0 aromatic carbocycles. The maximum atomic E-state index is 11.8. The molecule has 1 aliphatic carbocycles. The van der Waals surface area contributed by atoms with Crippen molar-refractivity contribution >= 4 is 5.91 Å². The summed E-state index contributed by atoms with van der Waals surface area (Å²) in [6.45, 7) is 2.57. The molecule has 0 spiro atoms. The van der Waals surface area contributed by atoms with Crippen LogP contribution in [-0.2, 0) is 4.79 Å². The predicted molar refractivity (Wildman–Crippen MR) is 62.4 cm³/mol. The number of carbonyl (C=O) groups is 1. The number of nitrogens with zero attached hydrogens (tertiary/aromatic N) is 1. The first kappa shape index (κ1) is 13.0. The normalized spacial score (nSPS) is 19.3. The molecule has 0 bridgehead atoms. The molecule has 90 valence electrons. The van der Waals surface area contributed by atoms with Gasteiger partial charge in [-0.3, -0.25) is 4.79 Å². The van der Waals surface area contributed by atoms with Crippen LogP contribution in [-0.4, -0.2) is 18.5 Å². The number of rotatable bonds is 6. The molecule has 3 N–H and O–H groups in total. The van der Waals surface area contributed by atoms with E-state index in [1.807, 2.05) is 6.92 Å². The van der Waals surface area contributed by atoms with Crippen LogP contribution in [0.15, 0.2) is 0 Å². The fourth-order valence-corrected chi connectivity index (χ4v) is 2.16. The van der Waals surface area contributed by atoms with Crippen molar-refractivity contribution in [3.63, 3.8) is 0 Å². The Bertz CT molecular complexity index is 273. The zero-order valence-electron chi connectivity index (χ0n) is 9.96. The Morgan fingerprint density at radius 2 is 2.31 bits per heavy atom. The summed E-state index contributed by atoms with van der Waals surface area (Å²) >= 11 is 0. The summed E-state index contributed by atoms with van der Waals surface area (Å²) < 4.78 is 0. The molecule has 0 heterocycles. The van der Waals surface area contributed by atoms with E-state index in [-0.39, 0.29) is 17.4 Å². The van der Waals surface area contributed by atoms with Gasteiger partial charge in [0.25, 0.3) is 0 Å². The molecule has 0 aromatic rings. The first-order chi connectivity index (χ1) is 7.65. The minimum absolute atomic E-state index is 0.00704. The zero-order chi connectivity index (χ0) is 12.0. The molecule has 1 rings (SSSR count). The number of nitrogens with one attached hydrogen (secondary N) is 1. The van der Waals surface area contributed by atoms with Gasteiger partial charge in [-0.25, -0.2) is 0 Å². The predicted octanol–water partition coefficient (Wildman–Crippen LogP) is 1.31. The van der Waals surface area contributed by atoms with E-state index in [0.717, 1.165) is 19.3 Å². The van der Waals surface area contributed by atoms with Gasteiger partial charge in [0.1, 0.15) is 0 Å². The van der Waals surface area contributed by atoms with Crippen LogP contribution in [0, 0.1) is 16.7 Å². The van der Waals surface area contributed by atoms with Crippen LogP contribution >= 0.6 is 0 Å². The van der Waals surface area contributed by atoms with E-state index < -0.39 is 0 Å². The average molecular weight is 223 g/mol. The van der Waals surface area contributed by atoms with Crippen LogP contribution in [0.5, 0.6) is 0 Å². The summed E-state index contributed by atoms with van der Waals surface area (Å²) in [5, 5.41) is 11.5. The highest BCUT2D eigenvalue weighted by molar-refractivity contribution is 5.77. The van der Waals surface area contributed by atoms with Gasteiger partial charge in [-0.1, -0.05) is 13.3 Å². The van der Waals surface area contributed by atoms with Gasteiger partial charge in [-0.2, -0.15) is 5.26 Å². The molecule has 1 fully saturated rings. The standard InChI is InChI=1S/C12H21N3O/c1-2-10(4-7-13)15-11(16)8-12(9-14)5-3-6-12/h10H,2-6,8-9,14H2,1H3,(H,15,16). The SMILES string of the molecule is CCC(CC#N)NC(=O)CC1(CN)CCC1. The molecular formula is C12H21N3O. The fraction of sp³-hybridized carbons (Fsp3) is 0.833. The number of amides is 1. The molecule has 0 aliphatic heterocycles. The van der Waals surface area contributed by atoms with Crippen LogP contribution in [0.25, 0.3) is 0 Å². The minimum Gasteiger partial charge on any atom is -0.352 e. The van der Waals surface area contributed by atoms with Crippen molar-refractivity contribution in [3.8, 4) is 6.07 Å². The van der Waals surface area contributed by atoms with Gasteiger partial charge in [0.15, 0.2) is 0 Å². The molecule has 1 atom stereocenters. The van der Waals surface area contributed by atoms with Crippen LogP contribution in [0.4, 0.5) is 0 Å². The van der Waals surface area contributed by atoms with Crippen LogP contribution in [0.1, 0.15) is 45.4 Å². The maximum Gasteiger partial charge on any atom is 0.220 e. The van der Waals surface area contributed by atoms with Gasteiger partial charge < -0.3 is 11.1 Å². The number of hydrogen-bond donors (Lipinski definition) is 2. The van der Waals surface area contributed by atoms with E-state index >= 15 is 0 Å². The summed E-state index contributed by atoms with van der Waals surface area (Å²) in [6, 6.07) is 2.08. The van der Waals surface area contributed by atoms with E-state index in [4.69, 9.17) is 11.0 Å². The minimum atomic E-state index is -0.00704. The van der Waals surface area contributed by atoms with Crippen molar-refractivity contribution < 1.29 is 4.79 Å². The lowest BCUT2D eigenvalue weighted by atomic mass is 9.66. The highest BCUT2D eigenvalue weighted by Gasteiger charge is 2.37. The monoisotopic (exact) mass is 223 g/mol. The summed E-state index contributed by atoms with van der Waals surface area (Å²) in [5.41, 5.74) is 5.76. The smallest absolute Gasteiger partial charge is 0.220 e. The lowest BCUT2D eigenvalue weighted by molar-refractivity contribution is -0.125. The Kier molecular flexibility index (Phi) is 4.75. The molecule has 1 saturated carbocycles. The second kappa shape index (κ2) is 5.86. The van der Waals surface area contributed by atoms with E-state index in [2.05, 4.69) is 11.4 Å². The Labute approximate surface area is 97.2 Å². The second-order valence-electron chi connectivity index (χ2n) is 4.77. The van der Waals surface area contributed by atoms with Crippen molar-refractivity contribution in [2.24, 2.45) is 11.1 Å². The van der Waals surface area contributed by atoms with E-state index in [1.54, 1.807) is 0 Å². The van der Waals surface area contributed by atoms with Gasteiger partial charge in [0, 0.05) is 12.5 Å². The molecular weight excluding hydrogens is 202 g/mol. The number of hydrogen-bond acceptors (Lipinski definition) is 3. The molecule has 0 aromatic heterocycles. The molecule has 0 saturated heterocycles. The van der Waals surface area contributed by atoms with E-state index in [1.165, 1.54) is 6.42 Å². The van der Waals surface area contributed by atoms with Gasteiger partial charge in [0.2, 0.25) is 5.91 Å². The largest absolute Gasteiger partial charge is 0.352 e. The molecule has 0 radical (unpaired) electrons. The van der Waals surface area contributed by atoms with Crippen molar-refractivity contribution in [1.29, 1.82) is 5.26 Å². The van der Waals surface area contributed by atoms with Crippen molar-refractivity contribution in [2.45, 2.75) is 51.5 Å². The van der Waals surface area contributed by atoms with Crippen molar-refractivity contribution in [2.75, 3.05) is 6.54 Å². The molecule has 1 aliphatic rings. The van der Waals surface area contributed by atoms with E-state index in [0.29, 0.717) is 19.4 Å². The van der Waals surface area contributed by atoms with Crippen LogP contribution in [0.3, 0.4) is 0 Å². The van der Waals surface area contributed by atoms with Gasteiger partial charge in [-0.15, -0.1) is 0 Å².